The third-order valence-corrected chi connectivity index (χ3v) is 4.65. The fourth-order valence-electron chi connectivity index (χ4n) is 2.43. The van der Waals surface area contributed by atoms with Crippen LogP contribution in [0.5, 0.6) is 0 Å². The number of carboxylic acids is 1. The molecule has 0 saturated carbocycles. The molecule has 0 radical (unpaired) electrons. The molecule has 32 heavy (non-hydrogen) atoms. The normalized spacial score (nSPS) is 12.7. The van der Waals surface area contributed by atoms with Gasteiger partial charge in [-0.15, -0.1) is 0 Å². The van der Waals surface area contributed by atoms with Crippen LogP contribution in [0, 0.1) is 34.9 Å². The molecule has 1 atom stereocenters. The highest BCUT2D eigenvalue weighted by Gasteiger charge is 2.43. The van der Waals surface area contributed by atoms with Crippen molar-refractivity contribution in [2.75, 3.05) is 0 Å². The Morgan fingerprint density at radius 1 is 0.812 bits per heavy atom. The van der Waals surface area contributed by atoms with Crippen LogP contribution in [0.3, 0.4) is 0 Å². The minimum Gasteiger partial charge on any atom is -0.481 e. The lowest BCUT2D eigenvalue weighted by Crippen LogP contribution is -2.40. The summed E-state index contributed by atoms with van der Waals surface area (Å²) in [7, 11) is 0. The molecule has 0 aliphatic rings. The van der Waals surface area contributed by atoms with Gasteiger partial charge in [0.05, 0.1) is 6.42 Å². The molecule has 6 nitrogen and oxygen atoms in total. The Hall–Kier alpha value is -3.22. The number of hydrogen-bond donors (Lipinski definition) is 1. The standard InChI is InChI=1S/C19H9BrF6O6/c20-19(32-15(30)5-14(28)29,18(31)8-3-11(23)17(26)12(24)4-8)6-13(27)7-1-9(21)16(25)10(22)2-7/h1-4H,5-6H2,(H,28,29). The molecule has 0 aliphatic heterocycles. The predicted octanol–water partition coefficient (Wildman–Crippen LogP) is 4.09. The van der Waals surface area contributed by atoms with E-state index in [0.29, 0.717) is 0 Å². The lowest BCUT2D eigenvalue weighted by atomic mass is 9.98. The van der Waals surface area contributed by atoms with Crippen molar-refractivity contribution in [2.24, 2.45) is 0 Å². The first-order chi connectivity index (χ1) is 14.7. The van der Waals surface area contributed by atoms with Gasteiger partial charge in [0.1, 0.15) is 6.42 Å². The Kier molecular flexibility index (Phi) is 7.44. The molecule has 170 valence electrons. The zero-order valence-electron chi connectivity index (χ0n) is 15.4. The third kappa shape index (κ3) is 5.52. The molecule has 0 amide bonds. The topological polar surface area (TPSA) is 97.7 Å². The van der Waals surface area contributed by atoms with Crippen molar-refractivity contribution >= 4 is 39.4 Å². The van der Waals surface area contributed by atoms with Crippen LogP contribution < -0.4 is 0 Å². The quantitative estimate of drug-likeness (QED) is 0.139. The number of ether oxygens (including phenoxy) is 1. The van der Waals surface area contributed by atoms with Crippen LogP contribution in [0.4, 0.5) is 26.3 Å². The van der Waals surface area contributed by atoms with Crippen molar-refractivity contribution in [3.05, 3.63) is 70.3 Å². The van der Waals surface area contributed by atoms with Gasteiger partial charge in [-0.2, -0.15) is 0 Å². The van der Waals surface area contributed by atoms with Crippen molar-refractivity contribution in [2.45, 2.75) is 17.4 Å². The van der Waals surface area contributed by atoms with Crippen LogP contribution in [0.25, 0.3) is 0 Å². The Morgan fingerprint density at radius 2 is 1.22 bits per heavy atom. The molecule has 0 saturated heterocycles. The number of hydrogen-bond acceptors (Lipinski definition) is 5. The number of benzene rings is 2. The summed E-state index contributed by atoms with van der Waals surface area (Å²) in [4.78, 5) is 47.7. The molecule has 0 heterocycles. The highest BCUT2D eigenvalue weighted by molar-refractivity contribution is 9.10. The van der Waals surface area contributed by atoms with Crippen LogP contribution in [0.2, 0.25) is 0 Å². The minimum absolute atomic E-state index is 0.212. The Bertz CT molecular complexity index is 1090. The molecule has 0 bridgehead atoms. The summed E-state index contributed by atoms with van der Waals surface area (Å²) < 4.78 is 82.0. The van der Waals surface area contributed by atoms with Crippen molar-refractivity contribution < 1.29 is 55.4 Å². The first-order valence-corrected chi connectivity index (χ1v) is 9.04. The van der Waals surface area contributed by atoms with E-state index in [2.05, 4.69) is 20.7 Å². The number of alkyl halides is 1. The van der Waals surface area contributed by atoms with Gasteiger partial charge in [-0.05, 0) is 40.2 Å². The monoisotopic (exact) mass is 526 g/mol. The molecule has 13 heteroatoms. The van der Waals surface area contributed by atoms with Gasteiger partial charge in [0.15, 0.2) is 40.7 Å². The average molecular weight is 527 g/mol. The second-order valence-corrected chi connectivity index (χ2v) is 7.49. The van der Waals surface area contributed by atoms with Gasteiger partial charge in [0, 0.05) is 11.1 Å². The molecule has 2 aromatic rings. The summed E-state index contributed by atoms with van der Waals surface area (Å²) in [6.07, 6.45) is -2.58. The van der Waals surface area contributed by atoms with E-state index in [1.54, 1.807) is 0 Å². The molecule has 2 aromatic carbocycles. The molecule has 2 rings (SSSR count). The maximum atomic E-state index is 13.5. The molecule has 0 aliphatic carbocycles. The smallest absolute Gasteiger partial charge is 0.318 e. The molecule has 1 unspecified atom stereocenters. The van der Waals surface area contributed by atoms with E-state index >= 15 is 0 Å². The molecule has 0 spiro atoms. The third-order valence-electron chi connectivity index (χ3n) is 3.85. The minimum atomic E-state index is -2.82. The Balaban J connectivity index is 2.49. The fraction of sp³-hybridized carbons (Fsp3) is 0.158. The van der Waals surface area contributed by atoms with Crippen LogP contribution >= 0.6 is 15.9 Å². The molecule has 0 fully saturated rings. The molecule has 0 aromatic heterocycles. The van der Waals surface area contributed by atoms with Crippen LogP contribution in [-0.4, -0.2) is 33.1 Å². The second kappa shape index (κ2) is 9.51. The fourth-order valence-corrected chi connectivity index (χ4v) is 3.09. The predicted molar refractivity (Wildman–Crippen MR) is 95.9 cm³/mol. The number of carbonyl (C=O) groups is 4. The van der Waals surface area contributed by atoms with E-state index in [9.17, 15) is 45.5 Å². The number of Topliss-reactive ketones (excluding diaryl/α,β-unsaturated/α-hetero) is 2. The van der Waals surface area contributed by atoms with Gasteiger partial charge >= 0.3 is 11.9 Å². The highest BCUT2D eigenvalue weighted by Crippen LogP contribution is 2.33. The number of carbonyl (C=O) groups excluding carboxylic acids is 3. The van der Waals surface area contributed by atoms with E-state index in [1.165, 1.54) is 0 Å². The van der Waals surface area contributed by atoms with Gasteiger partial charge in [-0.1, -0.05) is 0 Å². The summed E-state index contributed by atoms with van der Waals surface area (Å²) in [5, 5.41) is 8.66. The van der Waals surface area contributed by atoms with Crippen LogP contribution in [-0.2, 0) is 14.3 Å². The van der Waals surface area contributed by atoms with E-state index < -0.39 is 86.9 Å². The Labute approximate surface area is 182 Å². The molecular formula is C19H9BrF6O6. The van der Waals surface area contributed by atoms with Crippen molar-refractivity contribution in [3.63, 3.8) is 0 Å². The molecule has 1 N–H and O–H groups in total. The first-order valence-electron chi connectivity index (χ1n) is 8.24. The summed E-state index contributed by atoms with van der Waals surface area (Å²) in [6.45, 7) is 0. The summed E-state index contributed by atoms with van der Waals surface area (Å²) in [5.41, 5.74) is -1.76. The number of aliphatic carboxylic acids is 1. The van der Waals surface area contributed by atoms with Crippen LogP contribution in [0.15, 0.2) is 24.3 Å². The SMILES string of the molecule is O=C(O)CC(=O)OC(Br)(CC(=O)c1cc(F)c(F)c(F)c1)C(=O)c1cc(F)c(F)c(F)c1. The molecular weight excluding hydrogens is 518 g/mol. The van der Waals surface area contributed by atoms with Gasteiger partial charge in [0.2, 0.25) is 10.3 Å². The number of ketones is 2. The lowest BCUT2D eigenvalue weighted by molar-refractivity contribution is -0.154. The number of esters is 1. The maximum absolute atomic E-state index is 13.5. The van der Waals surface area contributed by atoms with E-state index in [-0.39, 0.29) is 24.3 Å². The zero-order chi connectivity index (χ0) is 24.4. The number of rotatable bonds is 8. The van der Waals surface area contributed by atoms with Crippen molar-refractivity contribution in [1.29, 1.82) is 0 Å². The largest absolute Gasteiger partial charge is 0.481 e. The van der Waals surface area contributed by atoms with E-state index in [0.717, 1.165) is 0 Å². The zero-order valence-corrected chi connectivity index (χ0v) is 16.9. The Morgan fingerprint density at radius 3 is 1.62 bits per heavy atom. The highest BCUT2D eigenvalue weighted by atomic mass is 79.9. The average Bonchev–Trinajstić information content (AvgIpc) is 2.67. The number of carboxylic acid groups (broad SMARTS) is 1. The lowest BCUT2D eigenvalue weighted by Gasteiger charge is -2.25. The van der Waals surface area contributed by atoms with Crippen molar-refractivity contribution in [3.8, 4) is 0 Å². The van der Waals surface area contributed by atoms with Gasteiger partial charge in [0.25, 0.3) is 0 Å². The number of halogens is 7. The summed E-state index contributed by atoms with van der Waals surface area (Å²) in [5.74, 6) is -17.1. The van der Waals surface area contributed by atoms with Gasteiger partial charge < -0.3 is 9.84 Å². The van der Waals surface area contributed by atoms with Gasteiger partial charge in [-0.3, -0.25) is 19.2 Å². The first kappa shape index (κ1) is 25.0. The second-order valence-electron chi connectivity index (χ2n) is 6.21. The van der Waals surface area contributed by atoms with Crippen LogP contribution in [0.1, 0.15) is 33.6 Å². The maximum Gasteiger partial charge on any atom is 0.318 e. The van der Waals surface area contributed by atoms with Crippen molar-refractivity contribution in [1.82, 2.24) is 0 Å². The van der Waals surface area contributed by atoms with Gasteiger partial charge in [-0.25, -0.2) is 26.3 Å². The van der Waals surface area contributed by atoms with E-state index in [4.69, 9.17) is 5.11 Å². The summed E-state index contributed by atoms with van der Waals surface area (Å²) in [6, 6.07) is 0.969. The van der Waals surface area contributed by atoms with E-state index in [1.807, 2.05) is 0 Å². The summed E-state index contributed by atoms with van der Waals surface area (Å²) >= 11 is 2.59.